The SMILES string of the molecule is COc1c(C2CC2)cccc1-n1c(C(C)Nc2nc(N)nc3[nH]cnc23)nc2cccc(C)c2c1=O. The molecule has 0 radical (unpaired) electrons. The molecule has 36 heavy (non-hydrogen) atoms. The third-order valence-electron chi connectivity index (χ3n) is 6.66. The molecule has 0 aliphatic heterocycles. The monoisotopic (exact) mass is 482 g/mol. The lowest BCUT2D eigenvalue weighted by molar-refractivity contribution is 0.407. The number of aryl methyl sites for hydroxylation is 1. The van der Waals surface area contributed by atoms with Gasteiger partial charge in [0.1, 0.15) is 17.1 Å². The summed E-state index contributed by atoms with van der Waals surface area (Å²) in [6, 6.07) is 11.2. The van der Waals surface area contributed by atoms with Crippen molar-refractivity contribution in [2.45, 2.75) is 38.6 Å². The lowest BCUT2D eigenvalue weighted by Crippen LogP contribution is -2.28. The molecule has 1 saturated carbocycles. The second-order valence-corrected chi connectivity index (χ2v) is 9.15. The summed E-state index contributed by atoms with van der Waals surface area (Å²) in [5.41, 5.74) is 10.1. The van der Waals surface area contributed by atoms with E-state index in [9.17, 15) is 4.79 Å². The molecule has 0 spiro atoms. The minimum absolute atomic E-state index is 0.111. The van der Waals surface area contributed by atoms with Crippen LogP contribution in [0, 0.1) is 6.92 Å². The van der Waals surface area contributed by atoms with Crippen LogP contribution in [-0.2, 0) is 0 Å². The van der Waals surface area contributed by atoms with Crippen molar-refractivity contribution in [3.8, 4) is 11.4 Å². The first-order valence-corrected chi connectivity index (χ1v) is 11.9. The van der Waals surface area contributed by atoms with Gasteiger partial charge in [-0.3, -0.25) is 9.36 Å². The third-order valence-corrected chi connectivity index (χ3v) is 6.66. The van der Waals surface area contributed by atoms with Crippen molar-refractivity contribution in [3.63, 3.8) is 0 Å². The number of anilines is 2. The van der Waals surface area contributed by atoms with E-state index in [1.165, 1.54) is 6.33 Å². The fourth-order valence-corrected chi connectivity index (χ4v) is 4.82. The molecule has 1 atom stereocenters. The highest BCUT2D eigenvalue weighted by molar-refractivity contribution is 5.84. The molecular formula is C26H26N8O2. The number of methoxy groups -OCH3 is 1. The van der Waals surface area contributed by atoms with E-state index in [1.54, 1.807) is 11.7 Å². The number of nitrogens with one attached hydrogen (secondary N) is 2. The second kappa shape index (κ2) is 8.33. The molecule has 3 aromatic heterocycles. The largest absolute Gasteiger partial charge is 0.494 e. The Kier molecular flexibility index (Phi) is 5.10. The van der Waals surface area contributed by atoms with E-state index in [0.717, 1.165) is 24.0 Å². The van der Waals surface area contributed by atoms with Gasteiger partial charge in [0.15, 0.2) is 11.5 Å². The average Bonchev–Trinajstić information content (AvgIpc) is 3.60. The molecule has 1 unspecified atom stereocenters. The molecule has 3 heterocycles. The Balaban J connectivity index is 1.58. The molecule has 4 N–H and O–H groups in total. The maximum absolute atomic E-state index is 14.1. The Bertz CT molecular complexity index is 1690. The molecule has 1 aliphatic rings. The highest BCUT2D eigenvalue weighted by Crippen LogP contribution is 2.46. The summed E-state index contributed by atoms with van der Waals surface area (Å²) in [7, 11) is 1.65. The predicted octanol–water partition coefficient (Wildman–Crippen LogP) is 4.00. The fraction of sp³-hybridized carbons (Fsp3) is 0.269. The number of nitrogens with zero attached hydrogens (tertiary/aromatic N) is 5. The van der Waals surface area contributed by atoms with Crippen LogP contribution < -0.4 is 21.3 Å². The zero-order chi connectivity index (χ0) is 25.0. The Morgan fingerprint density at radius 3 is 2.75 bits per heavy atom. The Morgan fingerprint density at radius 2 is 1.97 bits per heavy atom. The van der Waals surface area contributed by atoms with Gasteiger partial charge in [-0.1, -0.05) is 24.3 Å². The summed E-state index contributed by atoms with van der Waals surface area (Å²) in [6.45, 7) is 3.85. The molecular weight excluding hydrogens is 456 g/mol. The topological polar surface area (TPSA) is 137 Å². The van der Waals surface area contributed by atoms with E-state index in [2.05, 4.69) is 31.3 Å². The molecule has 0 amide bonds. The van der Waals surface area contributed by atoms with Crippen LogP contribution in [0.5, 0.6) is 5.75 Å². The van der Waals surface area contributed by atoms with E-state index in [-0.39, 0.29) is 11.5 Å². The molecule has 0 bridgehead atoms. The number of para-hydroxylation sites is 1. The summed E-state index contributed by atoms with van der Waals surface area (Å²) in [5, 5.41) is 3.93. The first-order valence-electron chi connectivity index (χ1n) is 11.9. The summed E-state index contributed by atoms with van der Waals surface area (Å²) in [5.74, 6) is 2.23. The Labute approximate surface area is 206 Å². The minimum Gasteiger partial charge on any atom is -0.494 e. The molecule has 10 heteroatoms. The van der Waals surface area contributed by atoms with Crippen LogP contribution in [0.4, 0.5) is 11.8 Å². The Morgan fingerprint density at radius 1 is 1.17 bits per heavy atom. The number of nitrogen functional groups attached to an aromatic ring is 1. The van der Waals surface area contributed by atoms with E-state index < -0.39 is 6.04 Å². The maximum atomic E-state index is 14.1. The van der Waals surface area contributed by atoms with Gasteiger partial charge in [-0.2, -0.15) is 9.97 Å². The summed E-state index contributed by atoms with van der Waals surface area (Å²) in [6.07, 6.45) is 3.77. The molecule has 6 rings (SSSR count). The highest BCUT2D eigenvalue weighted by atomic mass is 16.5. The predicted molar refractivity (Wildman–Crippen MR) is 139 cm³/mol. The van der Waals surface area contributed by atoms with Gasteiger partial charge in [0.05, 0.1) is 36.1 Å². The van der Waals surface area contributed by atoms with Crippen LogP contribution in [0.15, 0.2) is 47.5 Å². The first kappa shape index (κ1) is 22.0. The smallest absolute Gasteiger partial charge is 0.266 e. The van der Waals surface area contributed by atoms with Crippen LogP contribution in [0.3, 0.4) is 0 Å². The van der Waals surface area contributed by atoms with Crippen LogP contribution >= 0.6 is 0 Å². The van der Waals surface area contributed by atoms with Crippen LogP contribution in [0.1, 0.15) is 48.7 Å². The normalized spacial score (nSPS) is 14.3. The van der Waals surface area contributed by atoms with E-state index in [0.29, 0.717) is 51.1 Å². The van der Waals surface area contributed by atoms with Crippen molar-refractivity contribution >= 4 is 33.8 Å². The number of nitrogens with two attached hydrogens (primary N) is 1. The highest BCUT2D eigenvalue weighted by Gasteiger charge is 2.30. The van der Waals surface area contributed by atoms with Crippen molar-refractivity contribution < 1.29 is 4.74 Å². The Hall–Kier alpha value is -4.47. The van der Waals surface area contributed by atoms with Gasteiger partial charge >= 0.3 is 0 Å². The van der Waals surface area contributed by atoms with E-state index in [4.69, 9.17) is 15.5 Å². The van der Waals surface area contributed by atoms with Crippen molar-refractivity contribution in [1.29, 1.82) is 0 Å². The van der Waals surface area contributed by atoms with Crippen molar-refractivity contribution in [3.05, 3.63) is 70.0 Å². The standard InChI is InChI=1S/C26H26N8O2/c1-13-6-4-8-17-19(13)25(35)34(18-9-5-7-16(15-10-11-15)21(18)36-3)24(31-17)14(2)30-23-20-22(29-12-28-20)32-26(27)33-23/h4-9,12,14-15H,10-11H2,1-3H3,(H4,27,28,29,30,32,33). The number of rotatable bonds is 6. The molecule has 0 saturated heterocycles. The zero-order valence-electron chi connectivity index (χ0n) is 20.2. The number of hydrogen-bond acceptors (Lipinski definition) is 8. The van der Waals surface area contributed by atoms with Crippen LogP contribution in [-0.4, -0.2) is 36.6 Å². The number of aromatic amines is 1. The minimum atomic E-state index is -0.439. The number of H-pyrrole nitrogens is 1. The van der Waals surface area contributed by atoms with Crippen molar-refractivity contribution in [2.24, 2.45) is 0 Å². The third kappa shape index (κ3) is 3.53. The molecule has 1 aliphatic carbocycles. The summed E-state index contributed by atoms with van der Waals surface area (Å²) < 4.78 is 7.54. The second-order valence-electron chi connectivity index (χ2n) is 9.15. The van der Waals surface area contributed by atoms with Gasteiger partial charge in [0, 0.05) is 0 Å². The van der Waals surface area contributed by atoms with Gasteiger partial charge in [0.25, 0.3) is 5.56 Å². The molecule has 182 valence electrons. The van der Waals surface area contributed by atoms with Gasteiger partial charge in [-0.25, -0.2) is 9.97 Å². The fourth-order valence-electron chi connectivity index (χ4n) is 4.82. The first-order chi connectivity index (χ1) is 17.5. The van der Waals surface area contributed by atoms with Crippen LogP contribution in [0.2, 0.25) is 0 Å². The number of hydrogen-bond donors (Lipinski definition) is 3. The molecule has 10 nitrogen and oxygen atoms in total. The molecule has 2 aromatic carbocycles. The maximum Gasteiger partial charge on any atom is 0.266 e. The number of ether oxygens (including phenoxy) is 1. The lowest BCUT2D eigenvalue weighted by Gasteiger charge is -2.22. The van der Waals surface area contributed by atoms with E-state index >= 15 is 0 Å². The van der Waals surface area contributed by atoms with Gasteiger partial charge in [-0.05, 0) is 55.9 Å². The number of fused-ring (bicyclic) bond motifs is 2. The number of benzene rings is 2. The van der Waals surface area contributed by atoms with Crippen LogP contribution in [0.25, 0.3) is 27.8 Å². The average molecular weight is 483 g/mol. The summed E-state index contributed by atoms with van der Waals surface area (Å²) in [4.78, 5) is 34.9. The zero-order valence-corrected chi connectivity index (χ0v) is 20.2. The lowest BCUT2D eigenvalue weighted by atomic mass is 10.1. The van der Waals surface area contributed by atoms with Gasteiger partial charge < -0.3 is 20.8 Å². The molecule has 1 fully saturated rings. The quantitative estimate of drug-likeness (QED) is 0.330. The van der Waals surface area contributed by atoms with Crippen molar-refractivity contribution in [2.75, 3.05) is 18.2 Å². The number of imidazole rings is 1. The molecule has 5 aromatic rings. The summed E-state index contributed by atoms with van der Waals surface area (Å²) >= 11 is 0. The number of aromatic nitrogens is 6. The van der Waals surface area contributed by atoms with E-state index in [1.807, 2.05) is 44.2 Å². The van der Waals surface area contributed by atoms with Gasteiger partial charge in [0.2, 0.25) is 5.95 Å². The van der Waals surface area contributed by atoms with Crippen molar-refractivity contribution in [1.82, 2.24) is 29.5 Å². The van der Waals surface area contributed by atoms with Gasteiger partial charge in [-0.15, -0.1) is 0 Å².